The Labute approximate surface area is 508 Å². The molecule has 0 saturated carbocycles. The first-order chi connectivity index (χ1) is 40.0. The molecular formula is C75H147NO5. The summed E-state index contributed by atoms with van der Waals surface area (Å²) in [7, 11) is 0. The van der Waals surface area contributed by atoms with Gasteiger partial charge in [0.15, 0.2) is 0 Å². The average Bonchev–Trinajstić information content (AvgIpc) is 3.47. The van der Waals surface area contributed by atoms with Crippen LogP contribution in [-0.4, -0.2) is 47.4 Å². The molecule has 1 amide bonds. The van der Waals surface area contributed by atoms with E-state index in [-0.39, 0.29) is 18.5 Å². The van der Waals surface area contributed by atoms with Crippen LogP contribution in [0.4, 0.5) is 0 Å². The highest BCUT2D eigenvalue weighted by Gasteiger charge is 2.20. The number of hydrogen-bond acceptors (Lipinski definition) is 5. The molecule has 0 saturated heterocycles. The van der Waals surface area contributed by atoms with Crippen LogP contribution in [0.3, 0.4) is 0 Å². The highest BCUT2D eigenvalue weighted by atomic mass is 16.5. The second kappa shape index (κ2) is 71.1. The van der Waals surface area contributed by atoms with Crippen molar-refractivity contribution < 1.29 is 24.5 Å². The molecule has 0 aliphatic rings. The Morgan fingerprint density at radius 2 is 0.580 bits per heavy atom. The van der Waals surface area contributed by atoms with E-state index in [2.05, 4.69) is 31.3 Å². The van der Waals surface area contributed by atoms with Gasteiger partial charge in [0.25, 0.3) is 0 Å². The molecule has 0 aromatic carbocycles. The molecule has 0 aromatic heterocycles. The van der Waals surface area contributed by atoms with Crippen LogP contribution in [-0.2, 0) is 14.3 Å². The number of carbonyl (C=O) groups excluding carboxylic acids is 2. The quantitative estimate of drug-likeness (QED) is 0.0320. The highest BCUT2D eigenvalue weighted by Crippen LogP contribution is 2.20. The average molecular weight is 1140 g/mol. The van der Waals surface area contributed by atoms with Gasteiger partial charge in [-0.3, -0.25) is 9.59 Å². The van der Waals surface area contributed by atoms with Crippen LogP contribution in [0.5, 0.6) is 0 Å². The predicted octanol–water partition coefficient (Wildman–Crippen LogP) is 24.3. The van der Waals surface area contributed by atoms with Gasteiger partial charge in [-0.2, -0.15) is 0 Å². The van der Waals surface area contributed by atoms with E-state index in [1.54, 1.807) is 0 Å². The molecule has 0 fully saturated rings. The molecule has 3 N–H and O–H groups in total. The Hall–Kier alpha value is -1.40. The van der Waals surface area contributed by atoms with Crippen LogP contribution in [0.2, 0.25) is 0 Å². The van der Waals surface area contributed by atoms with Gasteiger partial charge >= 0.3 is 5.97 Å². The Morgan fingerprint density at radius 3 is 0.877 bits per heavy atom. The molecule has 81 heavy (non-hydrogen) atoms. The van der Waals surface area contributed by atoms with E-state index < -0.39 is 12.1 Å². The predicted molar refractivity (Wildman–Crippen MR) is 357 cm³/mol. The molecule has 0 heterocycles. The first-order valence-electron chi connectivity index (χ1n) is 37.4. The Balaban J connectivity index is 3.34. The van der Waals surface area contributed by atoms with E-state index in [4.69, 9.17) is 4.74 Å². The zero-order valence-electron chi connectivity index (χ0n) is 55.3. The van der Waals surface area contributed by atoms with Gasteiger partial charge in [-0.15, -0.1) is 0 Å². The lowest BCUT2D eigenvalue weighted by atomic mass is 10.0. The van der Waals surface area contributed by atoms with Crippen LogP contribution in [0.25, 0.3) is 0 Å². The topological polar surface area (TPSA) is 95.9 Å². The van der Waals surface area contributed by atoms with Crippen molar-refractivity contribution >= 4 is 11.9 Å². The van der Waals surface area contributed by atoms with Gasteiger partial charge in [0.05, 0.1) is 25.4 Å². The van der Waals surface area contributed by atoms with Gasteiger partial charge in [-0.1, -0.05) is 379 Å². The van der Waals surface area contributed by atoms with Gasteiger partial charge in [-0.25, -0.2) is 0 Å². The first kappa shape index (κ1) is 79.6. The molecule has 0 aromatic rings. The molecule has 6 nitrogen and oxygen atoms in total. The number of carbonyl (C=O) groups is 2. The van der Waals surface area contributed by atoms with Gasteiger partial charge < -0.3 is 20.3 Å². The van der Waals surface area contributed by atoms with E-state index in [0.29, 0.717) is 25.9 Å². The molecule has 482 valence electrons. The number of rotatable bonds is 71. The summed E-state index contributed by atoms with van der Waals surface area (Å²) in [5.74, 6) is -0.0141. The number of aliphatic hydroxyl groups excluding tert-OH is 2. The van der Waals surface area contributed by atoms with E-state index in [1.807, 2.05) is 0 Å². The lowest BCUT2D eigenvalue weighted by Gasteiger charge is -2.22. The van der Waals surface area contributed by atoms with E-state index in [9.17, 15) is 19.8 Å². The summed E-state index contributed by atoms with van der Waals surface area (Å²) in [6, 6.07) is -0.539. The lowest BCUT2D eigenvalue weighted by Crippen LogP contribution is -2.45. The van der Waals surface area contributed by atoms with E-state index in [0.717, 1.165) is 44.9 Å². The highest BCUT2D eigenvalue weighted by molar-refractivity contribution is 5.76. The Bertz CT molecular complexity index is 1220. The van der Waals surface area contributed by atoms with Crippen molar-refractivity contribution in [2.24, 2.45) is 0 Å². The monoisotopic (exact) mass is 1140 g/mol. The minimum Gasteiger partial charge on any atom is -0.466 e. The van der Waals surface area contributed by atoms with Crippen LogP contribution >= 0.6 is 0 Å². The second-order valence-corrected chi connectivity index (χ2v) is 26.0. The first-order valence-corrected chi connectivity index (χ1v) is 37.4. The van der Waals surface area contributed by atoms with Crippen molar-refractivity contribution in [3.63, 3.8) is 0 Å². The Kier molecular flexibility index (Phi) is 69.9. The largest absolute Gasteiger partial charge is 0.466 e. The molecule has 0 aliphatic carbocycles. The van der Waals surface area contributed by atoms with Gasteiger partial charge in [0.1, 0.15) is 0 Å². The lowest BCUT2D eigenvalue weighted by molar-refractivity contribution is -0.143. The van der Waals surface area contributed by atoms with Crippen molar-refractivity contribution in [2.75, 3.05) is 13.2 Å². The number of amides is 1. The third-order valence-corrected chi connectivity index (χ3v) is 17.8. The zero-order chi connectivity index (χ0) is 58.5. The maximum atomic E-state index is 12.6. The number of hydrogen-bond donors (Lipinski definition) is 3. The summed E-state index contributed by atoms with van der Waals surface area (Å²) in [6.07, 6.45) is 88.5. The van der Waals surface area contributed by atoms with Crippen molar-refractivity contribution in [1.82, 2.24) is 5.32 Å². The molecule has 0 rings (SSSR count). The SMILES string of the molecule is CCCCCCCCC/C=C\CCCCCCCC(=O)OCCCCCCCCCCCCCCCCCCCCCCCCCCCCCCC(=O)NC(CO)C(O)CCCCCCCCCCCCCCCCCCCCCC. The van der Waals surface area contributed by atoms with Crippen LogP contribution in [0, 0.1) is 0 Å². The number of allylic oxidation sites excluding steroid dienone is 2. The van der Waals surface area contributed by atoms with Crippen molar-refractivity contribution in [1.29, 1.82) is 0 Å². The molecule has 2 unspecified atom stereocenters. The van der Waals surface area contributed by atoms with Crippen molar-refractivity contribution in [3.05, 3.63) is 12.2 Å². The van der Waals surface area contributed by atoms with Crippen molar-refractivity contribution in [3.8, 4) is 0 Å². The summed E-state index contributed by atoms with van der Waals surface area (Å²) in [5.41, 5.74) is 0. The fraction of sp³-hybridized carbons (Fsp3) is 0.947. The van der Waals surface area contributed by atoms with Gasteiger partial charge in [-0.05, 0) is 51.4 Å². The maximum Gasteiger partial charge on any atom is 0.305 e. The minimum absolute atomic E-state index is 0.0126. The summed E-state index contributed by atoms with van der Waals surface area (Å²) in [4.78, 5) is 24.6. The number of aliphatic hydroxyl groups is 2. The fourth-order valence-electron chi connectivity index (χ4n) is 12.1. The van der Waals surface area contributed by atoms with Crippen LogP contribution in [0.15, 0.2) is 12.2 Å². The molecule has 6 heteroatoms. The molecule has 0 radical (unpaired) electrons. The smallest absolute Gasteiger partial charge is 0.305 e. The van der Waals surface area contributed by atoms with Gasteiger partial charge in [0, 0.05) is 12.8 Å². The fourth-order valence-corrected chi connectivity index (χ4v) is 12.1. The van der Waals surface area contributed by atoms with E-state index >= 15 is 0 Å². The van der Waals surface area contributed by atoms with Crippen LogP contribution in [0.1, 0.15) is 431 Å². The summed E-state index contributed by atoms with van der Waals surface area (Å²) in [5, 5.41) is 23.4. The number of nitrogens with one attached hydrogen (secondary N) is 1. The Morgan fingerprint density at radius 1 is 0.333 bits per heavy atom. The number of ether oxygens (including phenoxy) is 1. The standard InChI is InChI=1S/C75H147NO5/c1-3-5-7-9-11-13-15-17-19-21-22-33-36-39-43-47-51-55-59-63-67-73(78)72(71-77)76-74(79)68-64-60-56-52-48-44-40-37-34-31-29-27-25-23-24-26-28-30-32-35-38-42-46-50-54-58-62-66-70-81-75(80)69-65-61-57-53-49-45-41-20-18-16-14-12-10-8-6-4-2/h20,41,72-73,77-78H,3-19,21-40,42-71H2,1-2H3,(H,76,79)/b41-20-. The summed E-state index contributed by atoms with van der Waals surface area (Å²) < 4.78 is 5.50. The number of esters is 1. The maximum absolute atomic E-state index is 12.6. The summed E-state index contributed by atoms with van der Waals surface area (Å²) in [6.45, 7) is 5.00. The molecule has 0 bridgehead atoms. The van der Waals surface area contributed by atoms with Crippen molar-refractivity contribution in [2.45, 2.75) is 443 Å². The van der Waals surface area contributed by atoms with E-state index in [1.165, 1.54) is 353 Å². The number of unbranched alkanes of at least 4 members (excludes halogenated alkanes) is 58. The summed E-state index contributed by atoms with van der Waals surface area (Å²) >= 11 is 0. The minimum atomic E-state index is -0.662. The third kappa shape index (κ3) is 67.6. The van der Waals surface area contributed by atoms with Crippen LogP contribution < -0.4 is 5.32 Å². The zero-order valence-corrected chi connectivity index (χ0v) is 55.3. The molecule has 0 spiro atoms. The van der Waals surface area contributed by atoms with Gasteiger partial charge in [0.2, 0.25) is 5.91 Å². The second-order valence-electron chi connectivity index (χ2n) is 26.0. The molecular weight excluding hydrogens is 995 g/mol. The third-order valence-electron chi connectivity index (χ3n) is 17.8. The molecule has 2 atom stereocenters. The normalized spacial score (nSPS) is 12.5. The molecule has 0 aliphatic heterocycles.